The van der Waals surface area contributed by atoms with E-state index in [9.17, 15) is 5.48 Å². The second kappa shape index (κ2) is 26.8. The van der Waals surface area contributed by atoms with Crippen LogP contribution in [0.1, 0.15) is 187 Å². The lowest BCUT2D eigenvalue weighted by atomic mass is 9.75. The number of aromatic nitrogens is 3. The molecule has 0 spiro atoms. The Kier molecular flexibility index (Phi) is 15.5. The van der Waals surface area contributed by atoms with Gasteiger partial charge >= 0.3 is 0 Å². The maximum absolute atomic E-state index is 9.80. The first-order valence-corrected chi connectivity index (χ1v) is 43.0. The monoisotopic (exact) mass is 1580 g/mol. The van der Waals surface area contributed by atoms with Gasteiger partial charge < -0.3 is 27.9 Å². The van der Waals surface area contributed by atoms with E-state index in [1.807, 2.05) is 6.07 Å². The molecule has 0 bridgehead atoms. The van der Waals surface area contributed by atoms with Crippen LogP contribution in [0.3, 0.4) is 0 Å². The van der Waals surface area contributed by atoms with Gasteiger partial charge in [-0.1, -0.05) is 294 Å². The summed E-state index contributed by atoms with van der Waals surface area (Å²) in [6, 6.07) is 101. The summed E-state index contributed by atoms with van der Waals surface area (Å²) in [5.41, 5.74) is 30.6. The van der Waals surface area contributed by atoms with Crippen molar-refractivity contribution in [2.24, 2.45) is 0 Å². The number of hydrogen-bond acceptors (Lipinski definition) is 3. The quantitative estimate of drug-likeness (QED) is 0.152. The van der Waals surface area contributed by atoms with Crippen molar-refractivity contribution < 1.29 is 11.3 Å². The summed E-state index contributed by atoms with van der Waals surface area (Å²) in [4.78, 5) is 4.97. The Morgan fingerprint density at radius 2 is 0.603 bits per heavy atom. The maximum atomic E-state index is 9.80. The Hall–Kier alpha value is -12.9. The molecule has 6 nitrogen and oxygen atoms in total. The number of hydrogen-bond donors (Lipinski definition) is 0. The van der Waals surface area contributed by atoms with Crippen molar-refractivity contribution in [2.75, 3.05) is 9.80 Å². The van der Waals surface area contributed by atoms with Gasteiger partial charge in [0.2, 0.25) is 0 Å². The lowest BCUT2D eigenvalue weighted by molar-refractivity contribution is 0.590. The first kappa shape index (κ1) is 70.0. The Bertz CT molecular complexity index is 7540. The highest BCUT2D eigenvalue weighted by atomic mass is 16.3. The molecule has 596 valence electrons. The zero-order chi connectivity index (χ0) is 88.0. The zero-order valence-corrected chi connectivity index (χ0v) is 72.7. The van der Waals surface area contributed by atoms with Gasteiger partial charge in [-0.25, -0.2) is 0 Å². The van der Waals surface area contributed by atoms with Gasteiger partial charge in [-0.2, -0.15) is 0 Å². The molecule has 0 saturated heterocycles. The predicted molar refractivity (Wildman–Crippen MR) is 516 cm³/mol. The molecule has 1 atom stereocenters. The van der Waals surface area contributed by atoms with Crippen LogP contribution in [-0.2, 0) is 32.5 Å². The number of para-hydroxylation sites is 2. The lowest BCUT2D eigenvalue weighted by Crippen LogP contribution is -2.30. The van der Waals surface area contributed by atoms with E-state index in [-0.39, 0.29) is 50.1 Å². The number of furan rings is 1. The Morgan fingerprint density at radius 1 is 0.240 bits per heavy atom. The van der Waals surface area contributed by atoms with Crippen LogP contribution in [0, 0.1) is 0 Å². The molecule has 2 aliphatic rings. The molecule has 0 aliphatic carbocycles. The highest BCUT2D eigenvalue weighted by Gasteiger charge is 2.44. The number of fused-ring (bicyclic) bond motifs is 16. The van der Waals surface area contributed by atoms with E-state index in [1.165, 1.54) is 54.9 Å². The number of nitrogens with zero attached hydrogens (tertiary/aromatic N) is 5. The molecule has 0 N–H and O–H groups in total. The van der Waals surface area contributed by atoms with Gasteiger partial charge in [-0.15, -0.1) is 0 Å². The molecule has 0 saturated carbocycles. The van der Waals surface area contributed by atoms with E-state index >= 15 is 0 Å². The van der Waals surface area contributed by atoms with Gasteiger partial charge in [0.1, 0.15) is 0 Å². The first-order chi connectivity index (χ1) is 59.8. The average molecular weight is 1580 g/mol. The summed E-state index contributed by atoms with van der Waals surface area (Å²) in [6.45, 7) is 41.3. The second-order valence-corrected chi connectivity index (χ2v) is 40.3. The average Bonchev–Trinajstić information content (AvgIpc) is 0.937. The van der Waals surface area contributed by atoms with Crippen LogP contribution in [0.5, 0.6) is 0 Å². The van der Waals surface area contributed by atoms with Crippen molar-refractivity contribution in [3.8, 4) is 50.4 Å². The highest BCUT2D eigenvalue weighted by Crippen LogP contribution is 2.64. The molecule has 21 rings (SSSR count). The molecular formula is C115H105N5O. The van der Waals surface area contributed by atoms with Gasteiger partial charge in [0, 0.05) is 65.9 Å². The summed E-state index contributed by atoms with van der Waals surface area (Å²) in [5, 5.41) is 8.90. The Morgan fingerprint density at radius 3 is 1.02 bits per heavy atom. The molecule has 6 heteroatoms. The van der Waals surface area contributed by atoms with Gasteiger partial charge in [0.25, 0.3) is 0 Å². The largest absolute Gasteiger partial charge is 0.452 e. The number of rotatable bonds is 8. The summed E-state index contributed by atoms with van der Waals surface area (Å²) in [6.07, 6.45) is 0. The standard InChI is InChI=1S/C115H105N5O/c1-110(2,3)75-41-50-94-88(60-75)89-61-76(111(4,5)6)42-51-95(89)116(94)81-47-49-87-103(66-81)118(82-57-73(70-32-24-20-25-33-70)56-74(58-82)71-34-26-21-27-35-71)104-67-83(117-96-52-43-77(112(7,8)9)62-90(96)91-63-78(113(10,11)12)44-53-97(91)117)68-105-107(104)106(87)86-48-40-72(69-30-22-19-23-31-69)59-102(86)120(105)101-39-29-37-85-84-36-28-38-100(108(84)121-109(85)101)119-98-54-45-79(114(13,14)15)64-92(98)93-65-80(115(16,17)18)46-55-99(93)119/h19-68,106H,1-18H3/i19D,22D,23D,30D,31D. The molecule has 0 amide bonds. The third kappa shape index (κ3) is 12.2. The minimum Gasteiger partial charge on any atom is -0.452 e. The SMILES string of the molecule is [2H]c1c([2H])c([2H])c(-c2ccc3c(c2)N(c2cccc4c2oc2c(-n5c6ccc(C(C)(C)C)cc6c6cc(C(C)(C)C)ccc65)cccc24)c2cc(-n4c5ccc(C(C)(C)C)cc5c5cc(C(C)(C)C)ccc54)cc4c2C3c2ccc(-n3c5ccc(C(C)(C)C)cc5c5cc(C(C)(C)C)ccc53)cc2N4c2cc(-c3ccccc3)cc(-c3ccccc3)c2)c([2H])c1[2H]. The van der Waals surface area contributed by atoms with Crippen molar-refractivity contribution in [1.29, 1.82) is 0 Å². The van der Waals surface area contributed by atoms with E-state index in [0.717, 1.165) is 150 Å². The molecular weight excluding hydrogens is 1470 g/mol. The molecule has 2 aliphatic heterocycles. The molecule has 4 aromatic heterocycles. The summed E-state index contributed by atoms with van der Waals surface area (Å²) < 4.78 is 62.5. The molecule has 121 heavy (non-hydrogen) atoms. The third-order valence-corrected chi connectivity index (χ3v) is 26.2. The maximum Gasteiger partial charge on any atom is 0.159 e. The fourth-order valence-corrected chi connectivity index (χ4v) is 19.5. The van der Waals surface area contributed by atoms with E-state index in [4.69, 9.17) is 5.79 Å². The Labute approximate surface area is 718 Å². The Balaban J connectivity index is 0.923. The van der Waals surface area contributed by atoms with E-state index in [0.29, 0.717) is 11.1 Å². The highest BCUT2D eigenvalue weighted by molar-refractivity contribution is 6.17. The van der Waals surface area contributed by atoms with Crippen molar-refractivity contribution in [3.05, 3.63) is 353 Å². The third-order valence-electron chi connectivity index (χ3n) is 26.2. The minimum atomic E-state index is -0.492. The van der Waals surface area contributed by atoms with Gasteiger partial charge in [-0.05, 0) is 244 Å². The molecule has 6 heterocycles. The molecule has 0 radical (unpaired) electrons. The van der Waals surface area contributed by atoms with Crippen molar-refractivity contribution >= 4 is 121 Å². The number of benzene rings is 15. The molecule has 19 aromatic rings. The van der Waals surface area contributed by atoms with Crippen LogP contribution in [0.2, 0.25) is 0 Å². The molecule has 15 aromatic carbocycles. The van der Waals surface area contributed by atoms with Gasteiger partial charge in [-0.3, -0.25) is 0 Å². The van der Waals surface area contributed by atoms with Gasteiger partial charge in [0.05, 0.1) is 79.8 Å². The minimum absolute atomic E-state index is 0.107. The van der Waals surface area contributed by atoms with Crippen LogP contribution >= 0.6 is 0 Å². The molecule has 1 unspecified atom stereocenters. The predicted octanol–water partition coefficient (Wildman–Crippen LogP) is 32.4. The second-order valence-electron chi connectivity index (χ2n) is 40.3. The zero-order valence-electron chi connectivity index (χ0n) is 77.7. The summed E-state index contributed by atoms with van der Waals surface area (Å²) in [5.74, 6) is -0.492. The van der Waals surface area contributed by atoms with E-state index in [2.05, 4.69) is 415 Å². The van der Waals surface area contributed by atoms with Crippen LogP contribution < -0.4 is 9.80 Å². The van der Waals surface area contributed by atoms with Crippen LogP contribution in [0.15, 0.2) is 308 Å². The summed E-state index contributed by atoms with van der Waals surface area (Å²) in [7, 11) is 0. The number of anilines is 6. The topological polar surface area (TPSA) is 34.4 Å². The van der Waals surface area contributed by atoms with Crippen molar-refractivity contribution in [3.63, 3.8) is 0 Å². The van der Waals surface area contributed by atoms with Crippen LogP contribution in [0.25, 0.3) is 138 Å². The van der Waals surface area contributed by atoms with E-state index < -0.39 is 24.0 Å². The first-order valence-electron chi connectivity index (χ1n) is 45.5. The lowest BCUT2D eigenvalue weighted by Gasteiger charge is -2.45. The van der Waals surface area contributed by atoms with Crippen molar-refractivity contribution in [2.45, 2.75) is 163 Å². The summed E-state index contributed by atoms with van der Waals surface area (Å²) >= 11 is 0. The van der Waals surface area contributed by atoms with Crippen LogP contribution in [0.4, 0.5) is 34.1 Å². The van der Waals surface area contributed by atoms with Crippen LogP contribution in [-0.4, -0.2) is 13.7 Å². The fourth-order valence-electron chi connectivity index (χ4n) is 19.5. The van der Waals surface area contributed by atoms with Crippen molar-refractivity contribution in [1.82, 2.24) is 13.7 Å². The molecule has 0 fully saturated rings. The van der Waals surface area contributed by atoms with E-state index in [1.54, 1.807) is 0 Å². The fraction of sp³-hybridized carbons (Fsp3) is 0.217. The normalized spacial score (nSPS) is 14.7. The van der Waals surface area contributed by atoms with Gasteiger partial charge in [0.15, 0.2) is 11.2 Å². The smallest absolute Gasteiger partial charge is 0.159 e.